The van der Waals surface area contributed by atoms with Crippen molar-refractivity contribution in [2.24, 2.45) is 5.73 Å². The van der Waals surface area contributed by atoms with E-state index in [1.54, 1.807) is 24.5 Å². The smallest absolute Gasteiger partial charge is 0.271 e. The van der Waals surface area contributed by atoms with Gasteiger partial charge in [-0.2, -0.15) is 5.10 Å². The molecule has 3 heterocycles. The van der Waals surface area contributed by atoms with E-state index >= 15 is 0 Å². The molecule has 3 N–H and O–H groups in total. The summed E-state index contributed by atoms with van der Waals surface area (Å²) in [6, 6.07) is 3.87. The Labute approximate surface area is 144 Å². The van der Waals surface area contributed by atoms with Crippen molar-refractivity contribution in [3.8, 4) is 0 Å². The van der Waals surface area contributed by atoms with Crippen molar-refractivity contribution in [1.29, 1.82) is 0 Å². The SMILES string of the molecule is CNC(=O)c1ccn([C@H]2CCCN(Cc3cc(C(N)=O)cs3)C2)n1. The van der Waals surface area contributed by atoms with E-state index in [2.05, 4.69) is 15.3 Å². The number of carbonyl (C=O) groups is 2. The molecule has 1 atom stereocenters. The second-order valence-corrected chi connectivity index (χ2v) is 6.95. The number of amides is 2. The van der Waals surface area contributed by atoms with Crippen molar-refractivity contribution in [2.75, 3.05) is 20.1 Å². The molecular weight excluding hydrogens is 326 g/mol. The van der Waals surface area contributed by atoms with Crippen molar-refractivity contribution < 1.29 is 9.59 Å². The van der Waals surface area contributed by atoms with Crippen molar-refractivity contribution in [1.82, 2.24) is 20.0 Å². The van der Waals surface area contributed by atoms with Gasteiger partial charge in [0, 0.05) is 36.6 Å². The van der Waals surface area contributed by atoms with Gasteiger partial charge in [-0.3, -0.25) is 19.2 Å². The fraction of sp³-hybridized carbons (Fsp3) is 0.438. The van der Waals surface area contributed by atoms with Crippen LogP contribution >= 0.6 is 11.3 Å². The minimum Gasteiger partial charge on any atom is -0.366 e. The molecule has 0 bridgehead atoms. The Hall–Kier alpha value is -2.19. The fourth-order valence-corrected chi connectivity index (χ4v) is 3.91. The maximum absolute atomic E-state index is 11.6. The van der Waals surface area contributed by atoms with Gasteiger partial charge in [-0.05, 0) is 31.5 Å². The van der Waals surface area contributed by atoms with E-state index in [1.165, 1.54) is 0 Å². The Kier molecular flexibility index (Phi) is 4.96. The summed E-state index contributed by atoms with van der Waals surface area (Å²) in [4.78, 5) is 26.3. The summed E-state index contributed by atoms with van der Waals surface area (Å²) in [5.74, 6) is -0.550. The van der Waals surface area contributed by atoms with Crippen LogP contribution in [0, 0.1) is 0 Å². The van der Waals surface area contributed by atoms with E-state index in [-0.39, 0.29) is 17.9 Å². The van der Waals surface area contributed by atoms with Gasteiger partial charge in [0.25, 0.3) is 5.91 Å². The molecule has 8 heteroatoms. The molecule has 2 aromatic heterocycles. The van der Waals surface area contributed by atoms with Gasteiger partial charge in [0.2, 0.25) is 5.91 Å². The summed E-state index contributed by atoms with van der Waals surface area (Å²) in [5.41, 5.74) is 6.32. The van der Waals surface area contributed by atoms with Crippen LogP contribution in [0.25, 0.3) is 0 Å². The molecule has 0 unspecified atom stereocenters. The number of nitrogens with two attached hydrogens (primary N) is 1. The predicted molar refractivity (Wildman–Crippen MR) is 92.0 cm³/mol. The Bertz CT molecular complexity index is 738. The number of hydrogen-bond acceptors (Lipinski definition) is 5. The quantitative estimate of drug-likeness (QED) is 0.851. The molecule has 128 valence electrons. The van der Waals surface area contributed by atoms with Crippen LogP contribution in [-0.2, 0) is 6.54 Å². The summed E-state index contributed by atoms with van der Waals surface area (Å²) in [6.45, 7) is 2.70. The molecule has 1 aliphatic rings. The highest BCUT2D eigenvalue weighted by Gasteiger charge is 2.23. The Balaban J connectivity index is 1.64. The normalized spacial score (nSPS) is 18.5. The van der Waals surface area contributed by atoms with Crippen LogP contribution in [0.4, 0.5) is 0 Å². The lowest BCUT2D eigenvalue weighted by Gasteiger charge is -2.32. The van der Waals surface area contributed by atoms with Crippen LogP contribution in [0.5, 0.6) is 0 Å². The zero-order chi connectivity index (χ0) is 17.1. The molecule has 24 heavy (non-hydrogen) atoms. The summed E-state index contributed by atoms with van der Waals surface area (Å²) in [6.07, 6.45) is 3.99. The van der Waals surface area contributed by atoms with Crippen molar-refractivity contribution in [3.05, 3.63) is 39.8 Å². The van der Waals surface area contributed by atoms with Crippen LogP contribution in [0.3, 0.4) is 0 Å². The molecule has 2 aromatic rings. The highest BCUT2D eigenvalue weighted by molar-refractivity contribution is 7.10. The number of thiophene rings is 1. The number of piperidine rings is 1. The van der Waals surface area contributed by atoms with Crippen LogP contribution in [0.2, 0.25) is 0 Å². The minimum absolute atomic E-state index is 0.168. The van der Waals surface area contributed by atoms with E-state index in [9.17, 15) is 9.59 Å². The largest absolute Gasteiger partial charge is 0.366 e. The maximum atomic E-state index is 11.6. The van der Waals surface area contributed by atoms with Crippen molar-refractivity contribution >= 4 is 23.2 Å². The highest BCUT2D eigenvalue weighted by Crippen LogP contribution is 2.24. The first-order valence-electron chi connectivity index (χ1n) is 7.93. The first kappa shape index (κ1) is 16.7. The molecule has 7 nitrogen and oxygen atoms in total. The molecule has 1 fully saturated rings. The number of nitrogens with zero attached hydrogens (tertiary/aromatic N) is 3. The molecular formula is C16H21N5O2S. The van der Waals surface area contributed by atoms with Gasteiger partial charge in [0.15, 0.2) is 0 Å². The molecule has 1 saturated heterocycles. The number of aromatic nitrogens is 2. The Morgan fingerprint density at radius 3 is 3.04 bits per heavy atom. The van der Waals surface area contributed by atoms with E-state index in [1.807, 2.05) is 22.3 Å². The van der Waals surface area contributed by atoms with Gasteiger partial charge >= 0.3 is 0 Å². The first-order chi connectivity index (χ1) is 11.6. The van der Waals surface area contributed by atoms with Gasteiger partial charge in [-0.15, -0.1) is 11.3 Å². The zero-order valence-electron chi connectivity index (χ0n) is 13.6. The third kappa shape index (κ3) is 3.65. The van der Waals surface area contributed by atoms with Crippen LogP contribution < -0.4 is 11.1 Å². The van der Waals surface area contributed by atoms with Gasteiger partial charge in [-0.1, -0.05) is 0 Å². The first-order valence-corrected chi connectivity index (χ1v) is 8.81. The van der Waals surface area contributed by atoms with Gasteiger partial charge in [0.05, 0.1) is 11.6 Å². The van der Waals surface area contributed by atoms with Crippen LogP contribution in [-0.4, -0.2) is 46.6 Å². The average molecular weight is 347 g/mol. The zero-order valence-corrected chi connectivity index (χ0v) is 14.4. The molecule has 3 rings (SSSR count). The molecule has 1 aliphatic heterocycles. The Morgan fingerprint density at radius 2 is 2.33 bits per heavy atom. The fourth-order valence-electron chi connectivity index (χ4n) is 2.99. The summed E-state index contributed by atoms with van der Waals surface area (Å²) in [7, 11) is 1.60. The van der Waals surface area contributed by atoms with Gasteiger partial charge < -0.3 is 11.1 Å². The second kappa shape index (κ2) is 7.14. The van der Waals surface area contributed by atoms with Crippen molar-refractivity contribution in [3.63, 3.8) is 0 Å². The third-order valence-corrected chi connectivity index (χ3v) is 5.16. The molecule has 0 radical (unpaired) electrons. The summed E-state index contributed by atoms with van der Waals surface area (Å²) < 4.78 is 1.89. The van der Waals surface area contributed by atoms with Gasteiger partial charge in [0.1, 0.15) is 5.69 Å². The number of rotatable bonds is 5. The van der Waals surface area contributed by atoms with E-state index in [0.717, 1.165) is 37.4 Å². The summed E-state index contributed by atoms with van der Waals surface area (Å²) in [5, 5.41) is 8.79. The highest BCUT2D eigenvalue weighted by atomic mass is 32.1. The molecule has 0 aliphatic carbocycles. The molecule has 2 amide bonds. The number of hydrogen-bond donors (Lipinski definition) is 2. The molecule has 0 spiro atoms. The van der Waals surface area contributed by atoms with E-state index in [4.69, 9.17) is 5.73 Å². The standard InChI is InChI=1S/C16H21N5O2S/c1-18-16(23)14-4-6-21(19-14)12-3-2-5-20(8-12)9-13-7-11(10-24-13)15(17)22/h4,6-7,10,12H,2-3,5,8-9H2,1H3,(H2,17,22)(H,18,23)/t12-/m0/s1. The van der Waals surface area contributed by atoms with E-state index in [0.29, 0.717) is 11.3 Å². The van der Waals surface area contributed by atoms with Crippen LogP contribution in [0.1, 0.15) is 44.6 Å². The Morgan fingerprint density at radius 1 is 1.50 bits per heavy atom. The number of likely N-dealkylation sites (tertiary alicyclic amines) is 1. The number of nitrogens with one attached hydrogen (secondary N) is 1. The topological polar surface area (TPSA) is 93.3 Å². The van der Waals surface area contributed by atoms with Crippen LogP contribution in [0.15, 0.2) is 23.7 Å². The summed E-state index contributed by atoms with van der Waals surface area (Å²) >= 11 is 1.56. The number of carbonyl (C=O) groups excluding carboxylic acids is 2. The van der Waals surface area contributed by atoms with Crippen molar-refractivity contribution in [2.45, 2.75) is 25.4 Å². The number of primary amides is 1. The average Bonchev–Trinajstić information content (AvgIpc) is 3.24. The predicted octanol–water partition coefficient (Wildman–Crippen LogP) is 1.24. The lowest BCUT2D eigenvalue weighted by atomic mass is 10.1. The lowest BCUT2D eigenvalue weighted by molar-refractivity contribution is 0.0954. The minimum atomic E-state index is -0.382. The maximum Gasteiger partial charge on any atom is 0.271 e. The monoisotopic (exact) mass is 347 g/mol. The second-order valence-electron chi connectivity index (χ2n) is 5.96. The van der Waals surface area contributed by atoms with Gasteiger partial charge in [-0.25, -0.2) is 0 Å². The third-order valence-electron chi connectivity index (χ3n) is 4.24. The lowest BCUT2D eigenvalue weighted by Crippen LogP contribution is -2.36. The molecule has 0 saturated carbocycles. The van der Waals surface area contributed by atoms with E-state index < -0.39 is 0 Å². The molecule has 0 aromatic carbocycles.